The fourth-order valence-electron chi connectivity index (χ4n) is 2.79. The minimum atomic E-state index is 0.0312. The zero-order valence-corrected chi connectivity index (χ0v) is 15.9. The summed E-state index contributed by atoms with van der Waals surface area (Å²) in [7, 11) is 5.87. The number of thiophene rings is 1. The number of benzene rings is 1. The van der Waals surface area contributed by atoms with Crippen LogP contribution in [0.25, 0.3) is 15.3 Å². The summed E-state index contributed by atoms with van der Waals surface area (Å²) in [5.41, 5.74) is 3.27. The molecular weight excluding hydrogens is 352 g/mol. The van der Waals surface area contributed by atoms with Gasteiger partial charge in [0.15, 0.2) is 4.96 Å². The van der Waals surface area contributed by atoms with Crippen LogP contribution in [0.15, 0.2) is 41.9 Å². The molecule has 0 aliphatic rings. The van der Waals surface area contributed by atoms with E-state index in [1.165, 1.54) is 11.3 Å². The Hall–Kier alpha value is -2.38. The average Bonchev–Trinajstić information content (AvgIpc) is 3.26. The van der Waals surface area contributed by atoms with Crippen LogP contribution in [-0.2, 0) is 6.54 Å². The van der Waals surface area contributed by atoms with Crippen LogP contribution < -0.4 is 4.90 Å². The van der Waals surface area contributed by atoms with E-state index in [-0.39, 0.29) is 5.91 Å². The molecule has 0 N–H and O–H groups in total. The number of aromatic nitrogens is 2. The lowest BCUT2D eigenvalue weighted by Crippen LogP contribution is -2.25. The summed E-state index contributed by atoms with van der Waals surface area (Å²) in [5.74, 6) is 0.0312. The first kappa shape index (κ1) is 16.1. The predicted molar refractivity (Wildman–Crippen MR) is 105 cm³/mol. The van der Waals surface area contributed by atoms with E-state index in [2.05, 4.69) is 34.1 Å². The Labute approximate surface area is 153 Å². The number of rotatable bonds is 4. The van der Waals surface area contributed by atoms with Gasteiger partial charge in [0.2, 0.25) is 0 Å². The Morgan fingerprint density at radius 3 is 2.68 bits per heavy atom. The lowest BCUT2D eigenvalue weighted by molar-refractivity contribution is 0.0790. The van der Waals surface area contributed by atoms with Crippen LogP contribution >= 0.6 is 22.7 Å². The first-order valence-electron chi connectivity index (χ1n) is 7.90. The number of carbonyl (C=O) groups is 1. The van der Waals surface area contributed by atoms with Gasteiger partial charge in [0.1, 0.15) is 4.83 Å². The molecule has 128 valence electrons. The third-order valence-electron chi connectivity index (χ3n) is 4.17. The maximum Gasteiger partial charge on any atom is 0.264 e. The Balaban J connectivity index is 1.54. The van der Waals surface area contributed by atoms with Crippen molar-refractivity contribution in [2.75, 3.05) is 26.0 Å². The van der Waals surface area contributed by atoms with Crippen molar-refractivity contribution < 1.29 is 4.79 Å². The zero-order chi connectivity index (χ0) is 17.6. The van der Waals surface area contributed by atoms with E-state index in [1.54, 1.807) is 16.2 Å². The molecule has 0 aliphatic heterocycles. The van der Waals surface area contributed by atoms with Crippen molar-refractivity contribution in [1.29, 1.82) is 0 Å². The quantitative estimate of drug-likeness (QED) is 0.546. The fourth-order valence-corrected chi connectivity index (χ4v) is 4.58. The Kier molecular flexibility index (Phi) is 3.97. The number of nitrogens with zero attached hydrogens (tertiary/aromatic N) is 4. The van der Waals surface area contributed by atoms with Crippen molar-refractivity contribution in [2.45, 2.75) is 6.54 Å². The number of carbonyl (C=O) groups excluding carboxylic acids is 1. The maximum absolute atomic E-state index is 12.8. The summed E-state index contributed by atoms with van der Waals surface area (Å²) in [4.78, 5) is 23.8. The Bertz CT molecular complexity index is 1040. The largest absolute Gasteiger partial charge is 0.378 e. The molecule has 5 nitrogen and oxygen atoms in total. The highest BCUT2D eigenvalue weighted by atomic mass is 32.1. The molecule has 1 aromatic carbocycles. The number of thiazole rings is 1. The highest BCUT2D eigenvalue weighted by molar-refractivity contribution is 7.21. The molecule has 1 amide bonds. The molecule has 0 saturated carbocycles. The van der Waals surface area contributed by atoms with Crippen LogP contribution in [0.4, 0.5) is 5.69 Å². The second-order valence-corrected chi connectivity index (χ2v) is 8.09. The smallest absolute Gasteiger partial charge is 0.264 e. The molecule has 7 heteroatoms. The monoisotopic (exact) mass is 370 g/mol. The second-order valence-electron chi connectivity index (χ2n) is 6.19. The standard InChI is InChI=1S/C18H18N4OS2/c1-20(2)13-6-4-12(5-7-13)11-21(3)17(23)15-10-14-16(25-15)19-18-22(14)8-9-24-18/h4-10H,11H2,1-3H3. The van der Waals surface area contributed by atoms with Crippen molar-refractivity contribution in [3.05, 3.63) is 52.3 Å². The normalized spacial score (nSPS) is 11.3. The van der Waals surface area contributed by atoms with E-state index in [0.717, 1.165) is 31.4 Å². The van der Waals surface area contributed by atoms with Crippen LogP contribution in [0.5, 0.6) is 0 Å². The van der Waals surface area contributed by atoms with Gasteiger partial charge in [0, 0.05) is 45.0 Å². The van der Waals surface area contributed by atoms with E-state index in [9.17, 15) is 4.79 Å². The van der Waals surface area contributed by atoms with Gasteiger partial charge in [0.05, 0.1) is 10.4 Å². The third kappa shape index (κ3) is 2.89. The lowest BCUT2D eigenvalue weighted by Gasteiger charge is -2.17. The van der Waals surface area contributed by atoms with E-state index in [1.807, 2.05) is 43.2 Å². The molecule has 25 heavy (non-hydrogen) atoms. The van der Waals surface area contributed by atoms with Crippen molar-refractivity contribution in [3.8, 4) is 0 Å². The van der Waals surface area contributed by atoms with Crippen LogP contribution in [-0.4, -0.2) is 41.3 Å². The van der Waals surface area contributed by atoms with Gasteiger partial charge >= 0.3 is 0 Å². The molecule has 3 heterocycles. The van der Waals surface area contributed by atoms with Gasteiger partial charge in [-0.15, -0.1) is 22.7 Å². The highest BCUT2D eigenvalue weighted by Crippen LogP contribution is 2.29. The molecule has 0 fully saturated rings. The highest BCUT2D eigenvalue weighted by Gasteiger charge is 2.18. The van der Waals surface area contributed by atoms with Crippen LogP contribution in [0.1, 0.15) is 15.2 Å². The van der Waals surface area contributed by atoms with Crippen molar-refractivity contribution in [2.24, 2.45) is 0 Å². The first-order chi connectivity index (χ1) is 12.0. The van der Waals surface area contributed by atoms with E-state index >= 15 is 0 Å². The van der Waals surface area contributed by atoms with E-state index in [4.69, 9.17) is 0 Å². The molecule has 3 aromatic heterocycles. The number of hydrogen-bond donors (Lipinski definition) is 0. The minimum Gasteiger partial charge on any atom is -0.378 e. The second kappa shape index (κ2) is 6.16. The molecule has 0 saturated heterocycles. The zero-order valence-electron chi connectivity index (χ0n) is 14.3. The summed E-state index contributed by atoms with van der Waals surface area (Å²) in [5, 5.41) is 2.00. The van der Waals surface area contributed by atoms with Gasteiger partial charge in [0.25, 0.3) is 5.91 Å². The SMILES string of the molecule is CN(Cc1ccc(N(C)C)cc1)C(=O)c1cc2c(nc3sccn32)s1. The third-order valence-corrected chi connectivity index (χ3v) is 5.93. The lowest BCUT2D eigenvalue weighted by atomic mass is 10.2. The summed E-state index contributed by atoms with van der Waals surface area (Å²) < 4.78 is 2.03. The van der Waals surface area contributed by atoms with Gasteiger partial charge in [-0.3, -0.25) is 9.20 Å². The molecule has 0 spiro atoms. The number of hydrogen-bond acceptors (Lipinski definition) is 5. The summed E-state index contributed by atoms with van der Waals surface area (Å²) in [6.07, 6.45) is 1.99. The molecule has 0 bridgehead atoms. The van der Waals surface area contributed by atoms with Crippen LogP contribution in [0.2, 0.25) is 0 Å². The van der Waals surface area contributed by atoms with Gasteiger partial charge in [-0.2, -0.15) is 0 Å². The van der Waals surface area contributed by atoms with Gasteiger partial charge in [-0.1, -0.05) is 12.1 Å². The molecule has 0 atom stereocenters. The molecule has 4 aromatic rings. The Morgan fingerprint density at radius 2 is 1.96 bits per heavy atom. The molecule has 4 rings (SSSR count). The molecule has 0 unspecified atom stereocenters. The fraction of sp³-hybridized carbons (Fsp3) is 0.222. The summed E-state index contributed by atoms with van der Waals surface area (Å²) in [6.45, 7) is 0.586. The number of anilines is 1. The van der Waals surface area contributed by atoms with Crippen LogP contribution in [0, 0.1) is 0 Å². The maximum atomic E-state index is 12.8. The van der Waals surface area contributed by atoms with E-state index in [0.29, 0.717) is 6.54 Å². The number of amides is 1. The molecule has 0 radical (unpaired) electrons. The molecular formula is C18H18N4OS2. The predicted octanol–water partition coefficient (Wildman–Crippen LogP) is 3.95. The molecule has 0 aliphatic carbocycles. The van der Waals surface area contributed by atoms with Crippen molar-refractivity contribution in [3.63, 3.8) is 0 Å². The van der Waals surface area contributed by atoms with Crippen LogP contribution in [0.3, 0.4) is 0 Å². The van der Waals surface area contributed by atoms with E-state index < -0.39 is 0 Å². The minimum absolute atomic E-state index is 0.0312. The van der Waals surface area contributed by atoms with Gasteiger partial charge in [-0.05, 0) is 23.8 Å². The summed E-state index contributed by atoms with van der Waals surface area (Å²) in [6, 6.07) is 10.2. The van der Waals surface area contributed by atoms with Gasteiger partial charge in [-0.25, -0.2) is 4.98 Å². The number of imidazole rings is 1. The Morgan fingerprint density at radius 1 is 1.20 bits per heavy atom. The summed E-state index contributed by atoms with van der Waals surface area (Å²) >= 11 is 3.06. The average molecular weight is 371 g/mol. The topological polar surface area (TPSA) is 40.8 Å². The first-order valence-corrected chi connectivity index (χ1v) is 9.59. The van der Waals surface area contributed by atoms with Crippen molar-refractivity contribution >= 4 is 49.6 Å². The van der Waals surface area contributed by atoms with Crippen molar-refractivity contribution in [1.82, 2.24) is 14.3 Å². The van der Waals surface area contributed by atoms with Gasteiger partial charge < -0.3 is 9.80 Å². The number of fused-ring (bicyclic) bond motifs is 3.